The molecule has 78 valence electrons. The van der Waals surface area contributed by atoms with Crippen LogP contribution in [0, 0.1) is 11.3 Å². The number of nitriles is 1. The third-order valence-corrected chi connectivity index (χ3v) is 2.52. The minimum Gasteiger partial charge on any atom is -0.293 e. The van der Waals surface area contributed by atoms with E-state index in [2.05, 4.69) is 0 Å². The average Bonchev–Trinajstić information content (AvgIpc) is 2.15. The van der Waals surface area contributed by atoms with Crippen molar-refractivity contribution in [3.05, 3.63) is 35.4 Å². The Labute approximate surface area is 88.1 Å². The van der Waals surface area contributed by atoms with E-state index < -0.39 is 21.4 Å². The molecule has 1 aromatic rings. The normalized spacial score (nSPS) is 10.7. The van der Waals surface area contributed by atoms with Crippen LogP contribution in [0.5, 0.6) is 0 Å². The summed E-state index contributed by atoms with van der Waals surface area (Å²) < 4.78 is 21.7. The zero-order valence-corrected chi connectivity index (χ0v) is 8.91. The summed E-state index contributed by atoms with van der Waals surface area (Å²) >= 11 is 0. The van der Waals surface area contributed by atoms with Crippen LogP contribution in [-0.2, 0) is 9.84 Å². The molecular formula is C10H9NO3S. The number of nitrogens with zero attached hydrogens (tertiary/aromatic N) is 1. The van der Waals surface area contributed by atoms with E-state index in [1.165, 1.54) is 24.3 Å². The van der Waals surface area contributed by atoms with Crippen molar-refractivity contribution < 1.29 is 13.2 Å². The molecule has 0 saturated carbocycles. The monoisotopic (exact) mass is 223 g/mol. The Morgan fingerprint density at radius 1 is 1.33 bits per heavy atom. The highest BCUT2D eigenvalue weighted by Crippen LogP contribution is 2.05. The van der Waals surface area contributed by atoms with Crippen molar-refractivity contribution in [1.82, 2.24) is 0 Å². The molecule has 0 unspecified atom stereocenters. The first-order valence-corrected chi connectivity index (χ1v) is 6.19. The van der Waals surface area contributed by atoms with Gasteiger partial charge in [-0.2, -0.15) is 5.26 Å². The van der Waals surface area contributed by atoms with Gasteiger partial charge in [0, 0.05) is 11.8 Å². The third-order valence-electron chi connectivity index (χ3n) is 1.73. The van der Waals surface area contributed by atoms with Crippen molar-refractivity contribution in [3.63, 3.8) is 0 Å². The van der Waals surface area contributed by atoms with E-state index in [0.717, 1.165) is 6.26 Å². The lowest BCUT2D eigenvalue weighted by Gasteiger charge is -1.98. The van der Waals surface area contributed by atoms with Gasteiger partial charge < -0.3 is 0 Å². The summed E-state index contributed by atoms with van der Waals surface area (Å²) in [6.07, 6.45) is 1.01. The number of carbonyl (C=O) groups is 1. The van der Waals surface area contributed by atoms with Gasteiger partial charge in [0.15, 0.2) is 15.6 Å². The van der Waals surface area contributed by atoms with Crippen LogP contribution in [-0.4, -0.2) is 26.2 Å². The Hall–Kier alpha value is -1.67. The van der Waals surface area contributed by atoms with E-state index in [-0.39, 0.29) is 0 Å². The number of carbonyl (C=O) groups excluding carboxylic acids is 1. The number of Topliss-reactive ketones (excluding diaryl/α,β-unsaturated/α-hetero) is 1. The second kappa shape index (κ2) is 4.24. The largest absolute Gasteiger partial charge is 0.293 e. The second-order valence-corrected chi connectivity index (χ2v) is 5.32. The Morgan fingerprint density at radius 3 is 2.27 bits per heavy atom. The summed E-state index contributed by atoms with van der Waals surface area (Å²) in [6, 6.07) is 7.78. The van der Waals surface area contributed by atoms with E-state index in [1.54, 1.807) is 0 Å². The molecule has 0 aliphatic rings. The number of benzene rings is 1. The van der Waals surface area contributed by atoms with Gasteiger partial charge in [-0.1, -0.05) is 12.1 Å². The highest BCUT2D eigenvalue weighted by atomic mass is 32.2. The van der Waals surface area contributed by atoms with Crippen LogP contribution < -0.4 is 0 Å². The first-order chi connectivity index (χ1) is 6.92. The van der Waals surface area contributed by atoms with Crippen molar-refractivity contribution in [2.45, 2.75) is 0 Å². The van der Waals surface area contributed by atoms with Crippen molar-refractivity contribution >= 4 is 15.6 Å². The molecular weight excluding hydrogens is 214 g/mol. The summed E-state index contributed by atoms with van der Waals surface area (Å²) in [5, 5.41) is 8.52. The summed E-state index contributed by atoms with van der Waals surface area (Å²) in [6.45, 7) is 0. The molecule has 0 spiro atoms. The average molecular weight is 223 g/mol. The maximum absolute atomic E-state index is 11.4. The molecule has 0 heterocycles. The summed E-state index contributed by atoms with van der Waals surface area (Å²) in [7, 11) is -3.30. The summed E-state index contributed by atoms with van der Waals surface area (Å²) in [4.78, 5) is 11.4. The standard InChI is InChI=1S/C10H9NO3S/c1-15(13,14)7-10(12)9-4-2-8(6-11)3-5-9/h2-5H,7H2,1H3. The lowest BCUT2D eigenvalue weighted by atomic mass is 10.1. The predicted molar refractivity (Wildman–Crippen MR) is 55.2 cm³/mol. The molecule has 4 nitrogen and oxygen atoms in total. The van der Waals surface area contributed by atoms with Gasteiger partial charge >= 0.3 is 0 Å². The van der Waals surface area contributed by atoms with Crippen molar-refractivity contribution in [3.8, 4) is 6.07 Å². The van der Waals surface area contributed by atoms with Gasteiger partial charge in [-0.25, -0.2) is 8.42 Å². The van der Waals surface area contributed by atoms with Crippen molar-refractivity contribution in [2.75, 3.05) is 12.0 Å². The molecule has 1 rings (SSSR count). The molecule has 0 fully saturated rings. The maximum Gasteiger partial charge on any atom is 0.177 e. The number of sulfone groups is 1. The van der Waals surface area contributed by atoms with Crippen LogP contribution in [0.1, 0.15) is 15.9 Å². The zero-order chi connectivity index (χ0) is 11.5. The molecule has 0 aromatic heterocycles. The molecule has 0 N–H and O–H groups in total. The topological polar surface area (TPSA) is 75.0 Å². The van der Waals surface area contributed by atoms with Gasteiger partial charge in [0.05, 0.1) is 11.6 Å². The van der Waals surface area contributed by atoms with Crippen molar-refractivity contribution in [2.24, 2.45) is 0 Å². The fourth-order valence-electron chi connectivity index (χ4n) is 1.05. The Bertz CT molecular complexity index is 509. The third kappa shape index (κ3) is 3.52. The number of ketones is 1. The first kappa shape index (κ1) is 11.4. The van der Waals surface area contributed by atoms with Crippen LogP contribution in [0.2, 0.25) is 0 Å². The number of hydrogen-bond acceptors (Lipinski definition) is 4. The minimum atomic E-state index is -3.30. The Balaban J connectivity index is 2.90. The Morgan fingerprint density at radius 2 is 1.87 bits per heavy atom. The molecule has 0 radical (unpaired) electrons. The molecule has 0 saturated heterocycles. The molecule has 0 aliphatic carbocycles. The fraction of sp³-hybridized carbons (Fsp3) is 0.200. The lowest BCUT2D eigenvalue weighted by molar-refractivity contribution is 0.102. The van der Waals surface area contributed by atoms with Gasteiger partial charge in [-0.15, -0.1) is 0 Å². The van der Waals surface area contributed by atoms with E-state index in [0.29, 0.717) is 11.1 Å². The quantitative estimate of drug-likeness (QED) is 0.710. The van der Waals surface area contributed by atoms with Crippen LogP contribution in [0.3, 0.4) is 0 Å². The molecule has 1 aromatic carbocycles. The first-order valence-electron chi connectivity index (χ1n) is 4.13. The smallest absolute Gasteiger partial charge is 0.177 e. The van der Waals surface area contributed by atoms with E-state index in [1.807, 2.05) is 6.07 Å². The predicted octanol–water partition coefficient (Wildman–Crippen LogP) is 0.786. The number of hydrogen-bond donors (Lipinski definition) is 0. The molecule has 5 heteroatoms. The molecule has 0 atom stereocenters. The lowest BCUT2D eigenvalue weighted by Crippen LogP contribution is -2.14. The zero-order valence-electron chi connectivity index (χ0n) is 8.10. The summed E-state index contributed by atoms with van der Waals surface area (Å²) in [5.41, 5.74) is 0.741. The van der Waals surface area contributed by atoms with Gasteiger partial charge in [0.25, 0.3) is 0 Å². The van der Waals surface area contributed by atoms with Gasteiger partial charge in [0.2, 0.25) is 0 Å². The van der Waals surface area contributed by atoms with E-state index in [4.69, 9.17) is 5.26 Å². The van der Waals surface area contributed by atoms with Crippen LogP contribution in [0.25, 0.3) is 0 Å². The van der Waals surface area contributed by atoms with Gasteiger partial charge in [0.1, 0.15) is 5.75 Å². The molecule has 0 bridgehead atoms. The maximum atomic E-state index is 11.4. The minimum absolute atomic E-state index is 0.305. The van der Waals surface area contributed by atoms with Crippen LogP contribution >= 0.6 is 0 Å². The van der Waals surface area contributed by atoms with E-state index >= 15 is 0 Å². The number of rotatable bonds is 3. The molecule has 15 heavy (non-hydrogen) atoms. The fourth-order valence-corrected chi connectivity index (χ4v) is 1.70. The van der Waals surface area contributed by atoms with Crippen LogP contribution in [0.15, 0.2) is 24.3 Å². The highest BCUT2D eigenvalue weighted by molar-refractivity contribution is 7.91. The van der Waals surface area contributed by atoms with Crippen molar-refractivity contribution in [1.29, 1.82) is 5.26 Å². The second-order valence-electron chi connectivity index (χ2n) is 3.18. The SMILES string of the molecule is CS(=O)(=O)CC(=O)c1ccc(C#N)cc1. The highest BCUT2D eigenvalue weighted by Gasteiger charge is 2.12. The van der Waals surface area contributed by atoms with Gasteiger partial charge in [-0.05, 0) is 12.1 Å². The van der Waals surface area contributed by atoms with E-state index in [9.17, 15) is 13.2 Å². The molecule has 0 amide bonds. The Kier molecular flexibility index (Phi) is 3.22. The molecule has 0 aliphatic heterocycles. The van der Waals surface area contributed by atoms with Gasteiger partial charge in [-0.3, -0.25) is 4.79 Å². The van der Waals surface area contributed by atoms with Crippen LogP contribution in [0.4, 0.5) is 0 Å². The summed E-state index contributed by atoms with van der Waals surface area (Å²) in [5.74, 6) is -0.958.